The molecule has 0 aliphatic carbocycles. The third-order valence-corrected chi connectivity index (χ3v) is 3.96. The van der Waals surface area contributed by atoms with E-state index in [1.807, 2.05) is 0 Å². The molecule has 2 rings (SSSR count). The van der Waals surface area contributed by atoms with Crippen molar-refractivity contribution < 1.29 is 5.11 Å². The third kappa shape index (κ3) is 2.63. The molecule has 0 radical (unpaired) electrons. The number of aliphatic hydroxyl groups excluding tert-OH is 1. The van der Waals surface area contributed by atoms with Crippen LogP contribution in [0.2, 0.25) is 0 Å². The average molecular weight is 233 g/mol. The van der Waals surface area contributed by atoms with E-state index in [1.54, 1.807) is 0 Å². The van der Waals surface area contributed by atoms with Crippen LogP contribution in [0.25, 0.3) is 0 Å². The molecule has 1 heterocycles. The van der Waals surface area contributed by atoms with Gasteiger partial charge in [0, 0.05) is 31.3 Å². The van der Waals surface area contributed by atoms with Crippen LogP contribution in [0, 0.1) is 5.92 Å². The van der Waals surface area contributed by atoms with Crippen molar-refractivity contribution in [1.82, 2.24) is 0 Å². The average Bonchev–Trinajstić information content (AvgIpc) is 2.86. The zero-order valence-electron chi connectivity index (χ0n) is 10.9. The van der Waals surface area contributed by atoms with E-state index in [9.17, 15) is 5.11 Å². The first-order valence-corrected chi connectivity index (χ1v) is 6.71. The SMILES string of the molecule is CCC(C)c1ccccc1N1CCC(CO)C1. The van der Waals surface area contributed by atoms with Crippen LogP contribution >= 0.6 is 0 Å². The summed E-state index contributed by atoms with van der Waals surface area (Å²) in [7, 11) is 0. The van der Waals surface area contributed by atoms with Gasteiger partial charge < -0.3 is 10.0 Å². The molecule has 1 aromatic rings. The molecule has 0 bridgehead atoms. The summed E-state index contributed by atoms with van der Waals surface area (Å²) in [5, 5.41) is 9.23. The molecule has 2 heteroatoms. The van der Waals surface area contributed by atoms with E-state index < -0.39 is 0 Å². The van der Waals surface area contributed by atoms with Crippen molar-refractivity contribution in [2.45, 2.75) is 32.6 Å². The number of aliphatic hydroxyl groups is 1. The summed E-state index contributed by atoms with van der Waals surface area (Å²) in [4.78, 5) is 2.43. The molecule has 1 aliphatic rings. The van der Waals surface area contributed by atoms with Crippen LogP contribution in [0.5, 0.6) is 0 Å². The van der Waals surface area contributed by atoms with Gasteiger partial charge in [0.2, 0.25) is 0 Å². The topological polar surface area (TPSA) is 23.5 Å². The molecule has 1 aliphatic heterocycles. The van der Waals surface area contributed by atoms with Crippen LogP contribution in [-0.2, 0) is 0 Å². The summed E-state index contributed by atoms with van der Waals surface area (Å²) in [6.45, 7) is 6.94. The fourth-order valence-electron chi connectivity index (χ4n) is 2.61. The molecule has 1 aromatic carbocycles. The normalized spacial score (nSPS) is 21.8. The minimum Gasteiger partial charge on any atom is -0.396 e. The summed E-state index contributed by atoms with van der Waals surface area (Å²) in [6.07, 6.45) is 2.29. The quantitative estimate of drug-likeness (QED) is 0.864. The van der Waals surface area contributed by atoms with Gasteiger partial charge in [-0.1, -0.05) is 32.0 Å². The summed E-state index contributed by atoms with van der Waals surface area (Å²) < 4.78 is 0. The van der Waals surface area contributed by atoms with Crippen LogP contribution in [0.1, 0.15) is 38.2 Å². The highest BCUT2D eigenvalue weighted by atomic mass is 16.3. The van der Waals surface area contributed by atoms with Gasteiger partial charge in [-0.15, -0.1) is 0 Å². The van der Waals surface area contributed by atoms with Crippen LogP contribution in [0.15, 0.2) is 24.3 Å². The highest BCUT2D eigenvalue weighted by Crippen LogP contribution is 2.32. The first kappa shape index (κ1) is 12.4. The minimum atomic E-state index is 0.321. The third-order valence-electron chi connectivity index (χ3n) is 3.96. The Morgan fingerprint density at radius 2 is 2.18 bits per heavy atom. The number of hydrogen-bond acceptors (Lipinski definition) is 2. The first-order valence-electron chi connectivity index (χ1n) is 6.71. The van der Waals surface area contributed by atoms with Gasteiger partial charge in [-0.25, -0.2) is 0 Å². The lowest BCUT2D eigenvalue weighted by atomic mass is 9.96. The summed E-state index contributed by atoms with van der Waals surface area (Å²) in [5.41, 5.74) is 2.83. The second kappa shape index (κ2) is 5.54. The number of rotatable bonds is 4. The van der Waals surface area contributed by atoms with Gasteiger partial charge >= 0.3 is 0 Å². The van der Waals surface area contributed by atoms with Gasteiger partial charge in [-0.2, -0.15) is 0 Å². The largest absolute Gasteiger partial charge is 0.396 e. The summed E-state index contributed by atoms with van der Waals surface area (Å²) in [5.74, 6) is 1.07. The molecule has 1 N–H and O–H groups in total. The molecule has 94 valence electrons. The van der Waals surface area contributed by atoms with Crippen LogP contribution in [-0.4, -0.2) is 24.8 Å². The maximum Gasteiger partial charge on any atom is 0.0476 e. The maximum atomic E-state index is 9.23. The van der Waals surface area contributed by atoms with E-state index in [-0.39, 0.29) is 0 Å². The Kier molecular flexibility index (Phi) is 4.06. The van der Waals surface area contributed by atoms with E-state index in [4.69, 9.17) is 0 Å². The standard InChI is InChI=1S/C15H23NO/c1-3-12(2)14-6-4-5-7-15(14)16-9-8-13(10-16)11-17/h4-7,12-13,17H,3,8-11H2,1-2H3. The molecular weight excluding hydrogens is 210 g/mol. The highest BCUT2D eigenvalue weighted by molar-refractivity contribution is 5.55. The Morgan fingerprint density at radius 3 is 2.82 bits per heavy atom. The fraction of sp³-hybridized carbons (Fsp3) is 0.600. The second-order valence-electron chi connectivity index (χ2n) is 5.15. The molecule has 0 amide bonds. The molecule has 1 saturated heterocycles. The smallest absolute Gasteiger partial charge is 0.0476 e. The molecule has 0 aromatic heterocycles. The number of para-hydroxylation sites is 1. The molecule has 0 saturated carbocycles. The van der Waals surface area contributed by atoms with Gasteiger partial charge in [0.1, 0.15) is 0 Å². The van der Waals surface area contributed by atoms with Crippen LogP contribution in [0.4, 0.5) is 5.69 Å². The lowest BCUT2D eigenvalue weighted by molar-refractivity contribution is 0.238. The first-order chi connectivity index (χ1) is 8.26. The summed E-state index contributed by atoms with van der Waals surface area (Å²) >= 11 is 0. The lowest BCUT2D eigenvalue weighted by Crippen LogP contribution is -2.22. The Hall–Kier alpha value is -1.02. The van der Waals surface area contributed by atoms with Gasteiger partial charge in [0.05, 0.1) is 0 Å². The molecule has 0 spiro atoms. The molecular formula is C15H23NO. The zero-order valence-corrected chi connectivity index (χ0v) is 10.9. The monoisotopic (exact) mass is 233 g/mol. The van der Waals surface area contributed by atoms with Crippen molar-refractivity contribution in [3.8, 4) is 0 Å². The van der Waals surface area contributed by atoms with Crippen molar-refractivity contribution in [2.24, 2.45) is 5.92 Å². The molecule has 2 atom stereocenters. The van der Waals surface area contributed by atoms with Crippen LogP contribution < -0.4 is 4.90 Å². The Morgan fingerprint density at radius 1 is 1.41 bits per heavy atom. The van der Waals surface area contributed by atoms with E-state index in [2.05, 4.69) is 43.0 Å². The Labute approximate surface area is 104 Å². The minimum absolute atomic E-state index is 0.321. The predicted octanol–water partition coefficient (Wildman–Crippen LogP) is 3.02. The van der Waals surface area contributed by atoms with Crippen molar-refractivity contribution >= 4 is 5.69 Å². The molecule has 2 unspecified atom stereocenters. The second-order valence-corrected chi connectivity index (χ2v) is 5.15. The van der Waals surface area contributed by atoms with Crippen molar-refractivity contribution in [3.05, 3.63) is 29.8 Å². The molecule has 2 nitrogen and oxygen atoms in total. The zero-order chi connectivity index (χ0) is 12.3. The fourth-order valence-corrected chi connectivity index (χ4v) is 2.61. The Bertz CT molecular complexity index is 364. The summed E-state index contributed by atoms with van der Waals surface area (Å²) in [6, 6.07) is 8.72. The van der Waals surface area contributed by atoms with E-state index in [1.165, 1.54) is 17.7 Å². The van der Waals surface area contributed by atoms with Gasteiger partial charge in [-0.05, 0) is 30.4 Å². The van der Waals surface area contributed by atoms with Crippen LogP contribution in [0.3, 0.4) is 0 Å². The maximum absolute atomic E-state index is 9.23. The van der Waals surface area contributed by atoms with Crippen molar-refractivity contribution in [2.75, 3.05) is 24.6 Å². The number of nitrogens with zero attached hydrogens (tertiary/aromatic N) is 1. The van der Waals surface area contributed by atoms with Gasteiger partial charge in [-0.3, -0.25) is 0 Å². The van der Waals surface area contributed by atoms with Crippen molar-refractivity contribution in [3.63, 3.8) is 0 Å². The molecule has 17 heavy (non-hydrogen) atoms. The Balaban J connectivity index is 2.20. The van der Waals surface area contributed by atoms with E-state index in [0.29, 0.717) is 18.4 Å². The van der Waals surface area contributed by atoms with E-state index in [0.717, 1.165) is 19.5 Å². The van der Waals surface area contributed by atoms with Gasteiger partial charge in [0.15, 0.2) is 0 Å². The van der Waals surface area contributed by atoms with E-state index >= 15 is 0 Å². The van der Waals surface area contributed by atoms with Crippen molar-refractivity contribution in [1.29, 1.82) is 0 Å². The number of anilines is 1. The number of hydrogen-bond donors (Lipinski definition) is 1. The predicted molar refractivity (Wildman–Crippen MR) is 72.6 cm³/mol. The molecule has 1 fully saturated rings. The highest BCUT2D eigenvalue weighted by Gasteiger charge is 2.24. The lowest BCUT2D eigenvalue weighted by Gasteiger charge is -2.24. The number of benzene rings is 1. The van der Waals surface area contributed by atoms with Gasteiger partial charge in [0.25, 0.3) is 0 Å².